The Kier molecular flexibility index (Phi) is 5.50. The molecule has 0 heterocycles. The summed E-state index contributed by atoms with van der Waals surface area (Å²) in [6, 6.07) is 9.55. The van der Waals surface area contributed by atoms with Gasteiger partial charge in [-0.25, -0.2) is 0 Å². The van der Waals surface area contributed by atoms with Crippen molar-refractivity contribution in [3.63, 3.8) is 0 Å². The number of fused-ring (bicyclic) bond motifs is 1. The summed E-state index contributed by atoms with van der Waals surface area (Å²) in [7, 11) is 7.38. The average Bonchev–Trinajstić information content (AvgIpc) is 2.48. The number of amides is 1. The van der Waals surface area contributed by atoms with Crippen LogP contribution in [0, 0.1) is 0 Å². The van der Waals surface area contributed by atoms with Crippen LogP contribution >= 0.6 is 23.7 Å². The predicted molar refractivity (Wildman–Crippen MR) is 93.8 cm³/mol. The lowest BCUT2D eigenvalue weighted by atomic mass is 10.1. The van der Waals surface area contributed by atoms with Crippen molar-refractivity contribution < 1.29 is 9.59 Å². The van der Waals surface area contributed by atoms with Crippen LogP contribution in [0.5, 0.6) is 0 Å². The van der Waals surface area contributed by atoms with Crippen molar-refractivity contribution in [3.05, 3.63) is 35.9 Å². The molecule has 0 atom stereocenters. The standard InChI is InChI=1S/C16H18N2O2S2/c1-17(2)16(20)21-14-8-7-12-6-5-11(10-19)9-13(12)15(14)22-18(3)4/h5-10H,1-4H3. The number of hydrogen-bond donors (Lipinski definition) is 0. The van der Waals surface area contributed by atoms with Gasteiger partial charge in [-0.3, -0.25) is 13.9 Å². The number of rotatable bonds is 4. The van der Waals surface area contributed by atoms with E-state index in [0.29, 0.717) is 5.56 Å². The molecule has 0 aliphatic carbocycles. The van der Waals surface area contributed by atoms with E-state index in [1.165, 1.54) is 11.8 Å². The molecule has 0 bridgehead atoms. The molecule has 0 saturated carbocycles. The molecular weight excluding hydrogens is 316 g/mol. The predicted octanol–water partition coefficient (Wildman–Crippen LogP) is 3.99. The Balaban J connectivity index is 2.59. The van der Waals surface area contributed by atoms with Crippen LogP contribution in [0.15, 0.2) is 40.1 Å². The van der Waals surface area contributed by atoms with E-state index in [2.05, 4.69) is 0 Å². The maximum Gasteiger partial charge on any atom is 0.285 e. The van der Waals surface area contributed by atoms with Crippen LogP contribution in [-0.2, 0) is 0 Å². The Bertz CT molecular complexity index is 715. The molecule has 0 radical (unpaired) electrons. The second-order valence-corrected chi connectivity index (χ2v) is 7.47. The van der Waals surface area contributed by atoms with Crippen LogP contribution in [-0.4, -0.2) is 48.9 Å². The second-order valence-electron chi connectivity index (χ2n) is 5.16. The third-order valence-corrected chi connectivity index (χ3v) is 5.15. The Hall–Kier alpha value is -1.50. The highest BCUT2D eigenvalue weighted by Crippen LogP contribution is 2.38. The molecule has 0 fully saturated rings. The minimum absolute atomic E-state index is 0.0218. The quantitative estimate of drug-likeness (QED) is 0.480. The number of carbonyl (C=O) groups is 2. The highest BCUT2D eigenvalue weighted by atomic mass is 32.2. The molecule has 2 rings (SSSR count). The highest BCUT2D eigenvalue weighted by Gasteiger charge is 2.15. The van der Waals surface area contributed by atoms with Crippen LogP contribution in [0.3, 0.4) is 0 Å². The lowest BCUT2D eigenvalue weighted by Gasteiger charge is -2.17. The fourth-order valence-electron chi connectivity index (χ4n) is 1.91. The van der Waals surface area contributed by atoms with E-state index >= 15 is 0 Å². The summed E-state index contributed by atoms with van der Waals surface area (Å²) in [5.41, 5.74) is 0.634. The smallest absolute Gasteiger partial charge is 0.285 e. The number of nitrogens with zero attached hydrogens (tertiary/aromatic N) is 2. The van der Waals surface area contributed by atoms with Crippen LogP contribution < -0.4 is 0 Å². The summed E-state index contributed by atoms with van der Waals surface area (Å²) < 4.78 is 1.98. The van der Waals surface area contributed by atoms with Crippen molar-refractivity contribution in [1.29, 1.82) is 0 Å². The van der Waals surface area contributed by atoms with E-state index in [1.54, 1.807) is 37.0 Å². The first-order valence-corrected chi connectivity index (χ1v) is 8.27. The molecular formula is C16H18N2O2S2. The maximum absolute atomic E-state index is 12.0. The van der Waals surface area contributed by atoms with Crippen LogP contribution in [0.1, 0.15) is 10.4 Å². The Morgan fingerprint density at radius 1 is 1.09 bits per heavy atom. The van der Waals surface area contributed by atoms with Crippen LogP contribution in [0.25, 0.3) is 10.8 Å². The molecule has 116 valence electrons. The zero-order valence-electron chi connectivity index (χ0n) is 13.0. The van der Waals surface area contributed by atoms with E-state index < -0.39 is 0 Å². The van der Waals surface area contributed by atoms with Crippen molar-refractivity contribution in [3.8, 4) is 0 Å². The monoisotopic (exact) mass is 334 g/mol. The first-order chi connectivity index (χ1) is 10.4. The molecule has 0 unspecified atom stereocenters. The lowest BCUT2D eigenvalue weighted by Crippen LogP contribution is -2.16. The summed E-state index contributed by atoms with van der Waals surface area (Å²) in [4.78, 5) is 26.5. The Morgan fingerprint density at radius 2 is 1.77 bits per heavy atom. The first kappa shape index (κ1) is 16.9. The summed E-state index contributed by atoms with van der Waals surface area (Å²) >= 11 is 2.75. The molecule has 1 amide bonds. The highest BCUT2D eigenvalue weighted by molar-refractivity contribution is 8.14. The van der Waals surface area contributed by atoms with Gasteiger partial charge in [0, 0.05) is 29.4 Å². The van der Waals surface area contributed by atoms with Gasteiger partial charge in [-0.2, -0.15) is 0 Å². The second kappa shape index (κ2) is 7.17. The van der Waals surface area contributed by atoms with Crippen molar-refractivity contribution >= 4 is 46.0 Å². The first-order valence-electron chi connectivity index (χ1n) is 6.68. The average molecular weight is 334 g/mol. The van der Waals surface area contributed by atoms with Gasteiger partial charge in [0.1, 0.15) is 6.29 Å². The summed E-state index contributed by atoms with van der Waals surface area (Å²) in [5, 5.41) is 2.02. The van der Waals surface area contributed by atoms with Crippen molar-refractivity contribution in [2.45, 2.75) is 9.79 Å². The van der Waals surface area contributed by atoms with Crippen molar-refractivity contribution in [2.75, 3.05) is 28.2 Å². The van der Waals surface area contributed by atoms with Crippen LogP contribution in [0.4, 0.5) is 4.79 Å². The molecule has 0 spiro atoms. The van der Waals surface area contributed by atoms with Gasteiger partial charge in [-0.05, 0) is 60.7 Å². The van der Waals surface area contributed by atoms with Gasteiger partial charge < -0.3 is 4.90 Å². The van der Waals surface area contributed by atoms with E-state index in [9.17, 15) is 9.59 Å². The molecule has 0 aromatic heterocycles. The third kappa shape index (κ3) is 3.82. The molecule has 0 N–H and O–H groups in total. The molecule has 0 aliphatic heterocycles. The van der Waals surface area contributed by atoms with Crippen molar-refractivity contribution in [1.82, 2.24) is 9.21 Å². The molecule has 22 heavy (non-hydrogen) atoms. The topological polar surface area (TPSA) is 40.6 Å². The molecule has 4 nitrogen and oxygen atoms in total. The van der Waals surface area contributed by atoms with Gasteiger partial charge in [0.05, 0.1) is 0 Å². The maximum atomic E-state index is 12.0. The Morgan fingerprint density at radius 3 is 2.36 bits per heavy atom. The minimum atomic E-state index is -0.0218. The van der Waals surface area contributed by atoms with Gasteiger partial charge in [0.15, 0.2) is 0 Å². The number of aldehydes is 1. The van der Waals surface area contributed by atoms with E-state index in [1.807, 2.05) is 42.7 Å². The number of hydrogen-bond acceptors (Lipinski definition) is 5. The molecule has 0 aliphatic rings. The van der Waals surface area contributed by atoms with Gasteiger partial charge in [0.25, 0.3) is 5.24 Å². The van der Waals surface area contributed by atoms with E-state index in [-0.39, 0.29) is 5.24 Å². The number of carbonyl (C=O) groups excluding carboxylic acids is 2. The van der Waals surface area contributed by atoms with Gasteiger partial charge in [-0.1, -0.05) is 18.2 Å². The number of benzene rings is 2. The summed E-state index contributed by atoms with van der Waals surface area (Å²) in [6.07, 6.45) is 0.842. The summed E-state index contributed by atoms with van der Waals surface area (Å²) in [6.45, 7) is 0. The molecule has 6 heteroatoms. The van der Waals surface area contributed by atoms with E-state index in [4.69, 9.17) is 0 Å². The molecule has 2 aromatic rings. The van der Waals surface area contributed by atoms with Crippen molar-refractivity contribution in [2.24, 2.45) is 0 Å². The third-order valence-electron chi connectivity index (χ3n) is 2.93. The number of thioether (sulfide) groups is 1. The van der Waals surface area contributed by atoms with E-state index in [0.717, 1.165) is 26.8 Å². The molecule has 2 aromatic carbocycles. The fourth-order valence-corrected chi connectivity index (χ4v) is 3.65. The fraction of sp³-hybridized carbons (Fsp3) is 0.250. The normalized spacial score (nSPS) is 11.0. The van der Waals surface area contributed by atoms with Gasteiger partial charge >= 0.3 is 0 Å². The molecule has 0 saturated heterocycles. The largest absolute Gasteiger partial charge is 0.339 e. The SMILES string of the molecule is CN(C)Sc1c(SC(=O)N(C)C)ccc2ccc(C=O)cc12. The zero-order valence-corrected chi connectivity index (χ0v) is 14.6. The Labute approximate surface area is 139 Å². The van der Waals surface area contributed by atoms with Crippen LogP contribution in [0.2, 0.25) is 0 Å². The van der Waals surface area contributed by atoms with Gasteiger partial charge in [-0.15, -0.1) is 0 Å². The lowest BCUT2D eigenvalue weighted by molar-refractivity contribution is 0.112. The minimum Gasteiger partial charge on any atom is -0.339 e. The zero-order chi connectivity index (χ0) is 16.3. The summed E-state index contributed by atoms with van der Waals surface area (Å²) in [5.74, 6) is 0. The van der Waals surface area contributed by atoms with Gasteiger partial charge in [0.2, 0.25) is 0 Å².